The largest absolute Gasteiger partial charge is 0.495 e. The van der Waals surface area contributed by atoms with Gasteiger partial charge in [-0.2, -0.15) is 0 Å². The summed E-state index contributed by atoms with van der Waals surface area (Å²) < 4.78 is 5.23. The smallest absolute Gasteiger partial charge is 0.241 e. The lowest BCUT2D eigenvalue weighted by Gasteiger charge is -2.15. The van der Waals surface area contributed by atoms with Crippen LogP contribution < -0.4 is 15.4 Å². The quantitative estimate of drug-likeness (QED) is 0.885. The molecule has 1 aromatic carbocycles. The summed E-state index contributed by atoms with van der Waals surface area (Å²) in [6, 6.07) is 3.44. The van der Waals surface area contributed by atoms with E-state index in [2.05, 4.69) is 10.6 Å². The number of halogens is 1. The second kappa shape index (κ2) is 5.59. The first-order valence-electron chi connectivity index (χ1n) is 6.00. The van der Waals surface area contributed by atoms with E-state index in [1.807, 2.05) is 13.0 Å². The molecule has 1 atom stereocenters. The zero-order valence-electron chi connectivity index (χ0n) is 10.5. The van der Waals surface area contributed by atoms with Gasteiger partial charge in [0.1, 0.15) is 5.75 Å². The Morgan fingerprint density at radius 1 is 1.56 bits per heavy atom. The van der Waals surface area contributed by atoms with Gasteiger partial charge in [0.25, 0.3) is 0 Å². The monoisotopic (exact) mass is 268 g/mol. The molecule has 0 radical (unpaired) electrons. The van der Waals surface area contributed by atoms with Crippen LogP contribution in [0, 0.1) is 6.92 Å². The van der Waals surface area contributed by atoms with Gasteiger partial charge >= 0.3 is 0 Å². The number of ether oxygens (including phenoxy) is 1. The fraction of sp³-hybridized carbons (Fsp3) is 0.462. The summed E-state index contributed by atoms with van der Waals surface area (Å²) in [5.41, 5.74) is 1.57. The zero-order valence-corrected chi connectivity index (χ0v) is 11.3. The van der Waals surface area contributed by atoms with E-state index in [1.165, 1.54) is 0 Å². The number of hydrogen-bond acceptors (Lipinski definition) is 3. The molecule has 98 valence electrons. The molecule has 1 amide bonds. The average Bonchev–Trinajstić information content (AvgIpc) is 2.87. The number of benzene rings is 1. The minimum Gasteiger partial charge on any atom is -0.495 e. The van der Waals surface area contributed by atoms with E-state index in [1.54, 1.807) is 13.2 Å². The van der Waals surface area contributed by atoms with Crippen LogP contribution in [0.25, 0.3) is 0 Å². The highest BCUT2D eigenvalue weighted by Crippen LogP contribution is 2.31. The predicted molar refractivity (Wildman–Crippen MR) is 72.4 cm³/mol. The third-order valence-corrected chi connectivity index (χ3v) is 3.52. The number of anilines is 1. The molecule has 4 nitrogen and oxygen atoms in total. The Bertz CT molecular complexity index is 457. The molecule has 1 aliphatic heterocycles. The molecular weight excluding hydrogens is 252 g/mol. The molecule has 1 heterocycles. The number of methoxy groups -OCH3 is 1. The minimum atomic E-state index is -0.106. The van der Waals surface area contributed by atoms with E-state index in [0.29, 0.717) is 16.5 Å². The van der Waals surface area contributed by atoms with Crippen molar-refractivity contribution in [2.24, 2.45) is 0 Å². The van der Waals surface area contributed by atoms with Crippen molar-refractivity contribution in [3.05, 3.63) is 22.7 Å². The lowest BCUT2D eigenvalue weighted by molar-refractivity contribution is -0.117. The molecule has 5 heteroatoms. The molecule has 0 saturated carbocycles. The van der Waals surface area contributed by atoms with Crippen LogP contribution in [0.2, 0.25) is 5.02 Å². The first-order valence-corrected chi connectivity index (χ1v) is 6.38. The van der Waals surface area contributed by atoms with Crippen molar-refractivity contribution in [1.82, 2.24) is 5.32 Å². The minimum absolute atomic E-state index is 0.0208. The third kappa shape index (κ3) is 2.76. The highest BCUT2D eigenvalue weighted by molar-refractivity contribution is 6.31. The van der Waals surface area contributed by atoms with Gasteiger partial charge in [-0.05, 0) is 37.9 Å². The van der Waals surface area contributed by atoms with E-state index in [4.69, 9.17) is 16.3 Å². The van der Waals surface area contributed by atoms with Crippen molar-refractivity contribution in [1.29, 1.82) is 0 Å². The van der Waals surface area contributed by atoms with Gasteiger partial charge in [0.05, 0.1) is 18.8 Å². The Morgan fingerprint density at radius 3 is 2.94 bits per heavy atom. The summed E-state index contributed by atoms with van der Waals surface area (Å²) in [6.07, 6.45) is 1.91. The summed E-state index contributed by atoms with van der Waals surface area (Å²) in [7, 11) is 1.56. The van der Waals surface area contributed by atoms with E-state index < -0.39 is 0 Å². The van der Waals surface area contributed by atoms with Crippen molar-refractivity contribution < 1.29 is 9.53 Å². The second-order valence-electron chi connectivity index (χ2n) is 4.44. The maximum Gasteiger partial charge on any atom is 0.241 e. The Hall–Kier alpha value is -1.26. The Balaban J connectivity index is 2.17. The maximum atomic E-state index is 12.0. The van der Waals surface area contributed by atoms with Crippen molar-refractivity contribution >= 4 is 23.2 Å². The molecule has 1 aliphatic rings. The summed E-state index contributed by atoms with van der Waals surface area (Å²) >= 11 is 6.02. The van der Waals surface area contributed by atoms with Crippen LogP contribution in [0.15, 0.2) is 12.1 Å². The van der Waals surface area contributed by atoms with Gasteiger partial charge in [0.2, 0.25) is 5.91 Å². The van der Waals surface area contributed by atoms with E-state index in [0.717, 1.165) is 24.9 Å². The van der Waals surface area contributed by atoms with Gasteiger partial charge in [-0.15, -0.1) is 0 Å². The number of aryl methyl sites for hydroxylation is 1. The van der Waals surface area contributed by atoms with Crippen molar-refractivity contribution in [2.45, 2.75) is 25.8 Å². The molecule has 1 aromatic rings. The van der Waals surface area contributed by atoms with Gasteiger partial charge < -0.3 is 15.4 Å². The van der Waals surface area contributed by atoms with Gasteiger partial charge in [0.15, 0.2) is 0 Å². The van der Waals surface area contributed by atoms with Gasteiger partial charge in [-0.25, -0.2) is 0 Å². The van der Waals surface area contributed by atoms with Crippen LogP contribution in [0.5, 0.6) is 5.75 Å². The van der Waals surface area contributed by atoms with E-state index >= 15 is 0 Å². The number of rotatable bonds is 3. The molecule has 2 rings (SSSR count). The highest BCUT2D eigenvalue weighted by atomic mass is 35.5. The Labute approximate surface area is 112 Å². The van der Waals surface area contributed by atoms with Gasteiger partial charge in [0, 0.05) is 11.1 Å². The molecule has 0 aromatic heterocycles. The molecular formula is C13H17ClN2O2. The zero-order chi connectivity index (χ0) is 13.1. The highest BCUT2D eigenvalue weighted by Gasteiger charge is 2.23. The molecule has 1 fully saturated rings. The average molecular weight is 269 g/mol. The fourth-order valence-corrected chi connectivity index (χ4v) is 2.21. The summed E-state index contributed by atoms with van der Waals surface area (Å²) in [4.78, 5) is 12.0. The number of nitrogens with one attached hydrogen (secondary N) is 2. The topological polar surface area (TPSA) is 50.4 Å². The number of carbonyl (C=O) groups excluding carboxylic acids is 1. The molecule has 0 bridgehead atoms. The molecule has 1 saturated heterocycles. The lowest BCUT2D eigenvalue weighted by atomic mass is 10.1. The normalized spacial score (nSPS) is 18.7. The second-order valence-corrected chi connectivity index (χ2v) is 4.85. The SMILES string of the molecule is COc1cc(Cl)c(C)cc1NC(=O)[C@H]1CCCN1. The van der Waals surface area contributed by atoms with Crippen molar-refractivity contribution in [2.75, 3.05) is 19.0 Å². The maximum absolute atomic E-state index is 12.0. The molecule has 0 aliphatic carbocycles. The first-order chi connectivity index (χ1) is 8.61. The lowest BCUT2D eigenvalue weighted by Crippen LogP contribution is -2.35. The van der Waals surface area contributed by atoms with Gasteiger partial charge in [-0.3, -0.25) is 4.79 Å². The number of amides is 1. The van der Waals surface area contributed by atoms with E-state index in [-0.39, 0.29) is 11.9 Å². The molecule has 0 unspecified atom stereocenters. The fourth-order valence-electron chi connectivity index (χ4n) is 2.06. The first kappa shape index (κ1) is 13.2. The predicted octanol–water partition coefficient (Wildman–Crippen LogP) is 2.35. The van der Waals surface area contributed by atoms with Crippen LogP contribution in [0.4, 0.5) is 5.69 Å². The molecule has 18 heavy (non-hydrogen) atoms. The summed E-state index contributed by atoms with van der Waals surface area (Å²) in [5.74, 6) is 0.560. The van der Waals surface area contributed by atoms with Crippen LogP contribution in [-0.4, -0.2) is 25.6 Å². The van der Waals surface area contributed by atoms with Crippen LogP contribution in [-0.2, 0) is 4.79 Å². The third-order valence-electron chi connectivity index (χ3n) is 3.12. The van der Waals surface area contributed by atoms with Crippen LogP contribution in [0.1, 0.15) is 18.4 Å². The van der Waals surface area contributed by atoms with Crippen LogP contribution in [0.3, 0.4) is 0 Å². The molecule has 2 N–H and O–H groups in total. The number of carbonyl (C=O) groups is 1. The number of hydrogen-bond donors (Lipinski definition) is 2. The Kier molecular flexibility index (Phi) is 4.09. The van der Waals surface area contributed by atoms with Gasteiger partial charge in [-0.1, -0.05) is 11.6 Å². The summed E-state index contributed by atoms with van der Waals surface area (Å²) in [5, 5.41) is 6.68. The standard InChI is InChI=1S/C13H17ClN2O2/c1-8-6-11(12(18-2)7-9(8)14)16-13(17)10-4-3-5-15-10/h6-7,10,15H,3-5H2,1-2H3,(H,16,17)/t10-/m1/s1. The van der Waals surface area contributed by atoms with Crippen LogP contribution >= 0.6 is 11.6 Å². The van der Waals surface area contributed by atoms with Crippen molar-refractivity contribution in [3.63, 3.8) is 0 Å². The Morgan fingerprint density at radius 2 is 2.33 bits per heavy atom. The van der Waals surface area contributed by atoms with Crippen molar-refractivity contribution in [3.8, 4) is 5.75 Å². The van der Waals surface area contributed by atoms with E-state index in [9.17, 15) is 4.79 Å². The molecule has 0 spiro atoms. The summed E-state index contributed by atoms with van der Waals surface area (Å²) in [6.45, 7) is 2.79.